The Kier molecular flexibility index (Phi) is 3.96. The van der Waals surface area contributed by atoms with Gasteiger partial charge < -0.3 is 11.1 Å². The summed E-state index contributed by atoms with van der Waals surface area (Å²) in [4.78, 5) is 0. The molecule has 0 saturated carbocycles. The Labute approximate surface area is 86.5 Å². The van der Waals surface area contributed by atoms with Gasteiger partial charge in [0.1, 0.15) is 0 Å². The molecule has 0 aliphatic rings. The third-order valence-electron chi connectivity index (χ3n) is 2.42. The first-order valence-corrected chi connectivity index (χ1v) is 5.15. The molecule has 1 atom stereocenters. The van der Waals surface area contributed by atoms with Gasteiger partial charge in [-0.1, -0.05) is 26.0 Å². The fourth-order valence-corrected chi connectivity index (χ4v) is 1.23. The van der Waals surface area contributed by atoms with Gasteiger partial charge in [0.15, 0.2) is 0 Å². The lowest BCUT2D eigenvalue weighted by Gasteiger charge is -2.17. The van der Waals surface area contributed by atoms with Crippen LogP contribution in [0.15, 0.2) is 24.3 Å². The van der Waals surface area contributed by atoms with Crippen LogP contribution < -0.4 is 11.1 Å². The van der Waals surface area contributed by atoms with Gasteiger partial charge in [-0.25, -0.2) is 0 Å². The highest BCUT2D eigenvalue weighted by atomic mass is 14.9. The van der Waals surface area contributed by atoms with E-state index in [0.29, 0.717) is 5.92 Å². The molecule has 1 unspecified atom stereocenters. The van der Waals surface area contributed by atoms with Gasteiger partial charge in [-0.3, -0.25) is 0 Å². The zero-order valence-corrected chi connectivity index (χ0v) is 9.25. The summed E-state index contributed by atoms with van der Waals surface area (Å²) in [5.74, 6) is 0.521. The van der Waals surface area contributed by atoms with Crippen molar-refractivity contribution in [3.63, 3.8) is 0 Å². The quantitative estimate of drug-likeness (QED) is 0.768. The molecule has 2 heteroatoms. The Bertz CT molecular complexity index is 281. The summed E-state index contributed by atoms with van der Waals surface area (Å²) in [6.45, 7) is 7.21. The van der Waals surface area contributed by atoms with E-state index in [1.165, 1.54) is 5.56 Å². The van der Waals surface area contributed by atoms with E-state index < -0.39 is 0 Å². The number of nitrogens with two attached hydrogens (primary N) is 1. The summed E-state index contributed by atoms with van der Waals surface area (Å²) in [6.07, 6.45) is 0. The maximum Gasteiger partial charge on any atom is 0.0343 e. The minimum absolute atomic E-state index is 0.218. The van der Waals surface area contributed by atoms with Gasteiger partial charge in [0.25, 0.3) is 0 Å². The van der Waals surface area contributed by atoms with Crippen LogP contribution in [0.4, 0.5) is 5.69 Å². The summed E-state index contributed by atoms with van der Waals surface area (Å²) < 4.78 is 0. The molecule has 1 aromatic carbocycles. The van der Waals surface area contributed by atoms with Gasteiger partial charge in [0.2, 0.25) is 0 Å². The standard InChI is InChI=1S/C12H20N2/c1-9(2)12(13)8-14-11-6-4-5-10(3)7-11/h4-7,9,12,14H,8,13H2,1-3H3. The van der Waals surface area contributed by atoms with Crippen molar-refractivity contribution in [1.82, 2.24) is 0 Å². The molecule has 0 heterocycles. The van der Waals surface area contributed by atoms with Crippen molar-refractivity contribution in [1.29, 1.82) is 0 Å². The van der Waals surface area contributed by atoms with Crippen LogP contribution in [0.3, 0.4) is 0 Å². The third kappa shape index (κ3) is 3.38. The van der Waals surface area contributed by atoms with E-state index >= 15 is 0 Å². The fraction of sp³-hybridized carbons (Fsp3) is 0.500. The summed E-state index contributed by atoms with van der Waals surface area (Å²) in [5, 5.41) is 3.34. The van der Waals surface area contributed by atoms with Crippen molar-refractivity contribution >= 4 is 5.69 Å². The van der Waals surface area contributed by atoms with E-state index in [0.717, 1.165) is 12.2 Å². The predicted octanol–water partition coefficient (Wildman–Crippen LogP) is 2.39. The van der Waals surface area contributed by atoms with Crippen molar-refractivity contribution in [2.75, 3.05) is 11.9 Å². The molecule has 78 valence electrons. The minimum Gasteiger partial charge on any atom is -0.383 e. The fourth-order valence-electron chi connectivity index (χ4n) is 1.23. The molecule has 0 aliphatic heterocycles. The maximum absolute atomic E-state index is 5.94. The van der Waals surface area contributed by atoms with Gasteiger partial charge in [-0.2, -0.15) is 0 Å². The monoisotopic (exact) mass is 192 g/mol. The summed E-state index contributed by atoms with van der Waals surface area (Å²) in [7, 11) is 0. The molecule has 1 aromatic rings. The number of hydrogen-bond acceptors (Lipinski definition) is 2. The van der Waals surface area contributed by atoms with Crippen LogP contribution in [-0.2, 0) is 0 Å². The molecular formula is C12H20N2. The van der Waals surface area contributed by atoms with Crippen molar-refractivity contribution in [3.05, 3.63) is 29.8 Å². The first kappa shape index (κ1) is 11.1. The van der Waals surface area contributed by atoms with Crippen LogP contribution in [-0.4, -0.2) is 12.6 Å². The highest BCUT2D eigenvalue weighted by Crippen LogP contribution is 2.10. The maximum atomic E-state index is 5.94. The second-order valence-electron chi connectivity index (χ2n) is 4.16. The van der Waals surface area contributed by atoms with Crippen LogP contribution in [0.25, 0.3) is 0 Å². The van der Waals surface area contributed by atoms with Gasteiger partial charge >= 0.3 is 0 Å². The van der Waals surface area contributed by atoms with Gasteiger partial charge in [-0.05, 0) is 30.5 Å². The molecule has 0 bridgehead atoms. The second kappa shape index (κ2) is 5.01. The van der Waals surface area contributed by atoms with Crippen molar-refractivity contribution in [2.45, 2.75) is 26.8 Å². The molecule has 0 amide bonds. The molecule has 2 nitrogen and oxygen atoms in total. The highest BCUT2D eigenvalue weighted by molar-refractivity contribution is 5.45. The number of anilines is 1. The first-order chi connectivity index (χ1) is 6.59. The topological polar surface area (TPSA) is 38.0 Å². The zero-order chi connectivity index (χ0) is 10.6. The van der Waals surface area contributed by atoms with E-state index in [1.54, 1.807) is 0 Å². The minimum atomic E-state index is 0.218. The molecule has 0 saturated heterocycles. The van der Waals surface area contributed by atoms with Gasteiger partial charge in [-0.15, -0.1) is 0 Å². The van der Waals surface area contributed by atoms with Crippen molar-refractivity contribution in [3.8, 4) is 0 Å². The normalized spacial score (nSPS) is 12.9. The lowest BCUT2D eigenvalue weighted by Crippen LogP contribution is -2.33. The third-order valence-corrected chi connectivity index (χ3v) is 2.42. The predicted molar refractivity (Wildman–Crippen MR) is 62.5 cm³/mol. The zero-order valence-electron chi connectivity index (χ0n) is 9.25. The molecule has 0 radical (unpaired) electrons. The Balaban J connectivity index is 2.45. The summed E-state index contributed by atoms with van der Waals surface area (Å²) >= 11 is 0. The molecule has 14 heavy (non-hydrogen) atoms. The average molecular weight is 192 g/mol. The molecule has 0 fully saturated rings. The smallest absolute Gasteiger partial charge is 0.0343 e. The van der Waals surface area contributed by atoms with E-state index in [1.807, 2.05) is 0 Å². The SMILES string of the molecule is Cc1cccc(NCC(N)C(C)C)c1. The molecule has 0 aromatic heterocycles. The van der Waals surface area contributed by atoms with E-state index in [-0.39, 0.29) is 6.04 Å². The number of hydrogen-bond donors (Lipinski definition) is 2. The van der Waals surface area contributed by atoms with Crippen LogP contribution in [0.2, 0.25) is 0 Å². The Morgan fingerprint density at radius 3 is 2.64 bits per heavy atom. The van der Waals surface area contributed by atoms with Crippen LogP contribution in [0.5, 0.6) is 0 Å². The largest absolute Gasteiger partial charge is 0.383 e. The number of nitrogens with one attached hydrogen (secondary N) is 1. The van der Waals surface area contributed by atoms with Gasteiger partial charge in [0, 0.05) is 18.3 Å². The average Bonchev–Trinajstić information content (AvgIpc) is 2.14. The molecule has 0 aliphatic carbocycles. The van der Waals surface area contributed by atoms with Gasteiger partial charge in [0.05, 0.1) is 0 Å². The van der Waals surface area contributed by atoms with Crippen LogP contribution >= 0.6 is 0 Å². The first-order valence-electron chi connectivity index (χ1n) is 5.15. The molecular weight excluding hydrogens is 172 g/mol. The van der Waals surface area contributed by atoms with Crippen LogP contribution in [0.1, 0.15) is 19.4 Å². The molecule has 0 spiro atoms. The van der Waals surface area contributed by atoms with E-state index in [2.05, 4.69) is 50.4 Å². The Hall–Kier alpha value is -1.02. The molecule has 1 rings (SSSR count). The lowest BCUT2D eigenvalue weighted by molar-refractivity contribution is 0.511. The molecule has 3 N–H and O–H groups in total. The second-order valence-corrected chi connectivity index (χ2v) is 4.16. The van der Waals surface area contributed by atoms with Crippen LogP contribution in [0, 0.1) is 12.8 Å². The summed E-state index contributed by atoms with van der Waals surface area (Å²) in [5.41, 5.74) is 8.37. The highest BCUT2D eigenvalue weighted by Gasteiger charge is 2.06. The number of rotatable bonds is 4. The lowest BCUT2D eigenvalue weighted by atomic mass is 10.1. The summed E-state index contributed by atoms with van der Waals surface area (Å²) in [6, 6.07) is 8.56. The Morgan fingerprint density at radius 1 is 1.36 bits per heavy atom. The van der Waals surface area contributed by atoms with Crippen molar-refractivity contribution < 1.29 is 0 Å². The number of aryl methyl sites for hydroxylation is 1. The van der Waals surface area contributed by atoms with E-state index in [9.17, 15) is 0 Å². The van der Waals surface area contributed by atoms with E-state index in [4.69, 9.17) is 5.73 Å². The Morgan fingerprint density at radius 2 is 2.07 bits per heavy atom. The number of benzene rings is 1. The van der Waals surface area contributed by atoms with Crippen molar-refractivity contribution in [2.24, 2.45) is 11.7 Å².